The minimum Gasteiger partial charge on any atom is -0.493 e. The number of carbonyl (C=O) groups excluding carboxylic acids is 2. The van der Waals surface area contributed by atoms with Crippen molar-refractivity contribution in [3.63, 3.8) is 0 Å². The van der Waals surface area contributed by atoms with Crippen molar-refractivity contribution in [1.29, 1.82) is 0 Å². The average molecular weight is 491 g/mol. The summed E-state index contributed by atoms with van der Waals surface area (Å²) in [5.41, 5.74) is 0.563. The zero-order chi connectivity index (χ0) is 24.7. The van der Waals surface area contributed by atoms with Gasteiger partial charge in [-0.3, -0.25) is 9.59 Å². The monoisotopic (exact) mass is 491 g/mol. The molecule has 1 atom stereocenters. The van der Waals surface area contributed by atoms with Crippen LogP contribution in [0.4, 0.5) is 0 Å². The zero-order valence-corrected chi connectivity index (χ0v) is 19.2. The highest BCUT2D eigenvalue weighted by molar-refractivity contribution is 8.15. The molecule has 0 aliphatic carbocycles. The fourth-order valence-electron chi connectivity index (χ4n) is 2.82. The number of esters is 1. The Morgan fingerprint density at radius 3 is 2.53 bits per heavy atom. The van der Waals surface area contributed by atoms with Gasteiger partial charge in [-0.2, -0.15) is 5.10 Å². The summed E-state index contributed by atoms with van der Waals surface area (Å²) < 4.78 is 26.6. The fraction of sp³-hybridized carbons (Fsp3) is 0.286. The first-order valence-electron chi connectivity index (χ1n) is 9.70. The number of thioether (sulfide) groups is 1. The molecule has 1 aliphatic rings. The second-order valence-electron chi connectivity index (χ2n) is 6.64. The first-order valence-corrected chi connectivity index (χ1v) is 10.6. The number of amidine groups is 1. The van der Waals surface area contributed by atoms with Crippen LogP contribution in [0.3, 0.4) is 0 Å². The highest BCUT2D eigenvalue weighted by Gasteiger charge is 2.32. The molecule has 34 heavy (non-hydrogen) atoms. The summed E-state index contributed by atoms with van der Waals surface area (Å²) in [4.78, 5) is 34.1. The topological polar surface area (TPSA) is 158 Å². The van der Waals surface area contributed by atoms with E-state index in [-0.39, 0.29) is 24.0 Å². The van der Waals surface area contributed by atoms with Crippen LogP contribution in [0.1, 0.15) is 28.3 Å². The Balaban J connectivity index is 1.72. The van der Waals surface area contributed by atoms with E-state index in [0.29, 0.717) is 28.6 Å². The molecule has 0 saturated carbocycles. The van der Waals surface area contributed by atoms with Crippen LogP contribution in [0.15, 0.2) is 38.9 Å². The van der Waals surface area contributed by atoms with Crippen molar-refractivity contribution in [2.24, 2.45) is 10.2 Å². The van der Waals surface area contributed by atoms with Crippen LogP contribution < -0.4 is 19.5 Å². The highest BCUT2D eigenvalue weighted by atomic mass is 32.2. The summed E-state index contributed by atoms with van der Waals surface area (Å²) in [6, 6.07) is 6.34. The van der Waals surface area contributed by atoms with E-state index in [9.17, 15) is 14.4 Å². The third-order valence-electron chi connectivity index (χ3n) is 4.38. The summed E-state index contributed by atoms with van der Waals surface area (Å²) in [6.45, 7) is -0.000760. The van der Waals surface area contributed by atoms with Crippen LogP contribution in [0.25, 0.3) is 0 Å². The van der Waals surface area contributed by atoms with E-state index >= 15 is 0 Å². The van der Waals surface area contributed by atoms with Gasteiger partial charge in [0.1, 0.15) is 17.6 Å². The average Bonchev–Trinajstić information content (AvgIpc) is 3.43. The summed E-state index contributed by atoms with van der Waals surface area (Å²) in [5, 5.41) is 18.6. The molecule has 1 saturated heterocycles. The summed E-state index contributed by atoms with van der Waals surface area (Å²) in [6.07, 6.45) is 1.10. The Labute approximate surface area is 197 Å². The van der Waals surface area contributed by atoms with Gasteiger partial charge < -0.3 is 33.8 Å². The van der Waals surface area contributed by atoms with Crippen molar-refractivity contribution < 1.29 is 42.9 Å². The lowest BCUT2D eigenvalue weighted by Crippen LogP contribution is -2.26. The number of rotatable bonds is 10. The third-order valence-corrected chi connectivity index (χ3v) is 5.45. The van der Waals surface area contributed by atoms with Gasteiger partial charge in [-0.15, -0.1) is 5.10 Å². The van der Waals surface area contributed by atoms with Gasteiger partial charge in [-0.1, -0.05) is 11.8 Å². The number of furan rings is 1. The number of ether oxygens (including phenoxy) is 4. The van der Waals surface area contributed by atoms with Gasteiger partial charge in [0.15, 0.2) is 16.7 Å². The number of nitrogens with zero attached hydrogens (tertiary/aromatic N) is 2. The number of nitrogens with one attached hydrogen (secondary N) is 1. The highest BCUT2D eigenvalue weighted by Crippen LogP contribution is 2.39. The molecule has 1 fully saturated rings. The third kappa shape index (κ3) is 6.07. The predicted molar refractivity (Wildman–Crippen MR) is 121 cm³/mol. The molecule has 2 N–H and O–H groups in total. The Morgan fingerprint density at radius 1 is 1.21 bits per heavy atom. The smallest absolute Gasteiger partial charge is 0.373 e. The lowest BCUT2D eigenvalue weighted by Gasteiger charge is -2.14. The number of amides is 1. The summed E-state index contributed by atoms with van der Waals surface area (Å²) in [5.74, 6) is -0.656. The molecular formula is C21H21N3O9S. The molecular weight excluding hydrogens is 470 g/mol. The van der Waals surface area contributed by atoms with Gasteiger partial charge in [-0.05, 0) is 24.3 Å². The van der Waals surface area contributed by atoms with Crippen LogP contribution >= 0.6 is 11.8 Å². The fourth-order valence-corrected chi connectivity index (χ4v) is 3.73. The SMILES string of the molecule is COC(=O)c1ccc(COc2c(OC)cc(C=NN=C3NC(=O)C(CC(=O)O)S3)cc2OC)o1. The molecule has 1 amide bonds. The van der Waals surface area contributed by atoms with Crippen molar-refractivity contribution in [3.8, 4) is 17.2 Å². The van der Waals surface area contributed by atoms with Crippen LogP contribution in [0, 0.1) is 0 Å². The standard InChI is InChI=1S/C21H21N3O9S/c1-29-14-6-11(9-22-24-21-23-19(27)16(34-21)8-17(25)26)7-15(30-2)18(14)32-10-12-4-5-13(33-12)20(28)31-3/h4-7,9,16H,8,10H2,1-3H3,(H,25,26)(H,23,24,27). The first-order chi connectivity index (χ1) is 16.3. The molecule has 0 bridgehead atoms. The van der Waals surface area contributed by atoms with Crippen molar-refractivity contribution in [2.45, 2.75) is 18.3 Å². The van der Waals surface area contributed by atoms with Crippen LogP contribution in [-0.2, 0) is 20.9 Å². The zero-order valence-electron chi connectivity index (χ0n) is 18.4. The molecule has 1 aliphatic heterocycles. The molecule has 12 nitrogen and oxygen atoms in total. The first kappa shape index (κ1) is 24.6. The number of carboxylic acid groups (broad SMARTS) is 1. The molecule has 2 aromatic rings. The Kier molecular flexibility index (Phi) is 8.14. The largest absolute Gasteiger partial charge is 0.493 e. The van der Waals surface area contributed by atoms with Gasteiger partial charge in [0.2, 0.25) is 17.4 Å². The Hall–Kier alpha value is -4.00. The van der Waals surface area contributed by atoms with Gasteiger partial charge in [0, 0.05) is 5.56 Å². The summed E-state index contributed by atoms with van der Waals surface area (Å²) in [7, 11) is 4.17. The number of methoxy groups -OCH3 is 3. The second-order valence-corrected chi connectivity index (χ2v) is 7.84. The van der Waals surface area contributed by atoms with Gasteiger partial charge in [0.05, 0.1) is 34.0 Å². The lowest BCUT2D eigenvalue weighted by molar-refractivity contribution is -0.138. The molecule has 2 heterocycles. The number of benzene rings is 1. The normalized spacial score (nSPS) is 16.5. The van der Waals surface area contributed by atoms with E-state index in [1.54, 1.807) is 18.2 Å². The van der Waals surface area contributed by atoms with E-state index in [4.69, 9.17) is 23.7 Å². The van der Waals surface area contributed by atoms with Crippen LogP contribution in [-0.4, -0.2) is 60.9 Å². The minimum atomic E-state index is -1.07. The predicted octanol–water partition coefficient (Wildman–Crippen LogP) is 2.06. The van der Waals surface area contributed by atoms with Gasteiger partial charge in [-0.25, -0.2) is 4.79 Å². The van der Waals surface area contributed by atoms with Gasteiger partial charge in [0.25, 0.3) is 0 Å². The van der Waals surface area contributed by atoms with Crippen molar-refractivity contribution in [1.82, 2.24) is 5.32 Å². The van der Waals surface area contributed by atoms with Crippen molar-refractivity contribution in [2.75, 3.05) is 21.3 Å². The number of aliphatic carboxylic acids is 1. The number of carbonyl (C=O) groups is 3. The molecule has 1 aromatic carbocycles. The van der Waals surface area contributed by atoms with E-state index in [1.807, 2.05) is 0 Å². The van der Waals surface area contributed by atoms with Crippen molar-refractivity contribution >= 4 is 41.0 Å². The van der Waals surface area contributed by atoms with Crippen LogP contribution in [0.2, 0.25) is 0 Å². The minimum absolute atomic E-state index is 0.000760. The number of carboxylic acids is 1. The number of hydrogen-bond acceptors (Lipinski definition) is 11. The molecule has 3 rings (SSSR count). The van der Waals surface area contributed by atoms with Crippen LogP contribution in [0.5, 0.6) is 17.2 Å². The number of hydrogen-bond donors (Lipinski definition) is 2. The Bertz CT molecular complexity index is 1120. The maximum atomic E-state index is 11.8. The molecule has 0 radical (unpaired) electrons. The van der Waals surface area contributed by atoms with Crippen molar-refractivity contribution in [3.05, 3.63) is 41.3 Å². The molecule has 1 aromatic heterocycles. The van der Waals surface area contributed by atoms with E-state index in [1.165, 1.54) is 33.6 Å². The van der Waals surface area contributed by atoms with E-state index in [2.05, 4.69) is 20.3 Å². The maximum absolute atomic E-state index is 11.8. The maximum Gasteiger partial charge on any atom is 0.373 e. The second kappa shape index (κ2) is 11.2. The van der Waals surface area contributed by atoms with E-state index < -0.39 is 23.1 Å². The quantitative estimate of drug-likeness (QED) is 0.286. The molecule has 1 unspecified atom stereocenters. The van der Waals surface area contributed by atoms with E-state index in [0.717, 1.165) is 11.8 Å². The summed E-state index contributed by atoms with van der Waals surface area (Å²) >= 11 is 0.997. The van der Waals surface area contributed by atoms with Gasteiger partial charge >= 0.3 is 11.9 Å². The molecule has 13 heteroatoms. The lowest BCUT2D eigenvalue weighted by atomic mass is 10.2. The molecule has 0 spiro atoms. The Morgan fingerprint density at radius 2 is 1.91 bits per heavy atom. The molecule has 180 valence electrons.